The highest BCUT2D eigenvalue weighted by Gasteiger charge is 2.19. The molecule has 0 fully saturated rings. The fourth-order valence-electron chi connectivity index (χ4n) is 3.24. The minimum atomic E-state index is -0.476. The number of hydrogen-bond donors (Lipinski definition) is 2. The molecule has 8 nitrogen and oxygen atoms in total. The van der Waals surface area contributed by atoms with Crippen LogP contribution in [0.4, 0.5) is 15.6 Å². The number of nitrogens with zero attached hydrogens (tertiary/aromatic N) is 3. The van der Waals surface area contributed by atoms with Gasteiger partial charge in [0, 0.05) is 41.8 Å². The fourth-order valence-corrected chi connectivity index (χ4v) is 5.00. The van der Waals surface area contributed by atoms with Gasteiger partial charge >= 0.3 is 6.03 Å². The van der Waals surface area contributed by atoms with E-state index in [9.17, 15) is 9.59 Å². The Labute approximate surface area is 205 Å². The molecular formula is C24H23N5O3S2. The van der Waals surface area contributed by atoms with Crippen LogP contribution in [0.5, 0.6) is 5.75 Å². The number of anilines is 2. The maximum Gasteiger partial charge on any atom is 0.325 e. The molecule has 2 N–H and O–H groups in total. The number of thioether (sulfide) groups is 1. The molecule has 0 saturated carbocycles. The minimum Gasteiger partial charge on any atom is -0.496 e. The molecule has 0 spiro atoms. The zero-order valence-corrected chi connectivity index (χ0v) is 20.5. The minimum absolute atomic E-state index is 0.237. The van der Waals surface area contributed by atoms with Crippen molar-refractivity contribution in [3.8, 4) is 5.75 Å². The molecular weight excluding hydrogens is 470 g/mol. The predicted octanol–water partition coefficient (Wildman–Crippen LogP) is 5.36. The number of urea groups is 1. The highest BCUT2D eigenvalue weighted by Crippen LogP contribution is 2.28. The van der Waals surface area contributed by atoms with Gasteiger partial charge in [0.1, 0.15) is 5.75 Å². The Morgan fingerprint density at radius 3 is 2.71 bits per heavy atom. The van der Waals surface area contributed by atoms with E-state index in [0.717, 1.165) is 15.6 Å². The van der Waals surface area contributed by atoms with Gasteiger partial charge in [0.05, 0.1) is 18.4 Å². The Morgan fingerprint density at radius 1 is 1.12 bits per heavy atom. The summed E-state index contributed by atoms with van der Waals surface area (Å²) in [5, 5.41) is 6.91. The topological polar surface area (TPSA) is 98.1 Å². The Morgan fingerprint density at radius 2 is 1.94 bits per heavy atom. The third kappa shape index (κ3) is 5.46. The molecule has 2 aromatic carbocycles. The first-order chi connectivity index (χ1) is 16.4. The van der Waals surface area contributed by atoms with Gasteiger partial charge in [-0.15, -0.1) is 11.3 Å². The van der Waals surface area contributed by atoms with Gasteiger partial charge in [0.25, 0.3) is 0 Å². The van der Waals surface area contributed by atoms with E-state index in [1.54, 1.807) is 60.6 Å². The van der Waals surface area contributed by atoms with Crippen LogP contribution in [0.15, 0.2) is 66.2 Å². The summed E-state index contributed by atoms with van der Waals surface area (Å²) >= 11 is 2.99. The summed E-state index contributed by atoms with van der Waals surface area (Å²) in [6, 6.07) is 11.8. The lowest BCUT2D eigenvalue weighted by Gasteiger charge is -2.13. The second-order valence-electron chi connectivity index (χ2n) is 7.40. The monoisotopic (exact) mass is 493 g/mol. The number of para-hydroxylation sites is 1. The SMILES string of the molecule is COc1ccccc1C(=O)c1cc(C)ccc1NC(=O)Nc1ncc(CSc2nccn2C)s1. The zero-order valence-electron chi connectivity index (χ0n) is 18.9. The van der Waals surface area contributed by atoms with Crippen molar-refractivity contribution in [3.63, 3.8) is 0 Å². The Balaban J connectivity index is 1.45. The molecule has 0 aliphatic carbocycles. The average Bonchev–Trinajstić information content (AvgIpc) is 3.46. The number of aromatic nitrogens is 3. The molecule has 4 aromatic rings. The van der Waals surface area contributed by atoms with Crippen LogP contribution in [0, 0.1) is 6.92 Å². The summed E-state index contributed by atoms with van der Waals surface area (Å²) < 4.78 is 7.28. The first-order valence-electron chi connectivity index (χ1n) is 10.4. The second-order valence-corrected chi connectivity index (χ2v) is 9.46. The van der Waals surface area contributed by atoms with Gasteiger partial charge in [0.2, 0.25) is 0 Å². The van der Waals surface area contributed by atoms with Crippen LogP contribution in [-0.2, 0) is 12.8 Å². The molecule has 34 heavy (non-hydrogen) atoms. The standard InChI is InChI=1S/C24H23N5O3S2/c1-15-8-9-19(18(12-15)21(30)17-6-4-5-7-20(17)32-3)27-22(31)28-23-26-13-16(34-23)14-33-24-25-10-11-29(24)2/h4-13H,14H2,1-3H3,(H2,26,27,28,31). The molecule has 0 atom stereocenters. The Hall–Kier alpha value is -3.63. The van der Waals surface area contributed by atoms with Gasteiger partial charge in [-0.2, -0.15) is 0 Å². The first kappa shape index (κ1) is 23.5. The van der Waals surface area contributed by atoms with Crippen molar-refractivity contribution in [1.82, 2.24) is 14.5 Å². The maximum atomic E-state index is 13.3. The highest BCUT2D eigenvalue weighted by molar-refractivity contribution is 7.98. The number of carbonyl (C=O) groups excluding carboxylic acids is 2. The van der Waals surface area contributed by atoms with Crippen LogP contribution in [-0.4, -0.2) is 33.5 Å². The highest BCUT2D eigenvalue weighted by atomic mass is 32.2. The van der Waals surface area contributed by atoms with Crippen molar-refractivity contribution in [2.45, 2.75) is 17.8 Å². The second kappa shape index (κ2) is 10.5. The molecule has 0 aliphatic heterocycles. The lowest BCUT2D eigenvalue weighted by atomic mass is 9.99. The van der Waals surface area contributed by atoms with Gasteiger partial charge in [-0.25, -0.2) is 14.8 Å². The van der Waals surface area contributed by atoms with Gasteiger partial charge in [0.15, 0.2) is 16.1 Å². The van der Waals surface area contributed by atoms with Crippen molar-refractivity contribution in [2.24, 2.45) is 7.05 Å². The number of rotatable bonds is 8. The number of nitrogens with one attached hydrogen (secondary N) is 2. The molecule has 0 bridgehead atoms. The van der Waals surface area contributed by atoms with E-state index in [2.05, 4.69) is 20.6 Å². The quantitative estimate of drug-likeness (QED) is 0.253. The van der Waals surface area contributed by atoms with Crippen LogP contribution >= 0.6 is 23.1 Å². The summed E-state index contributed by atoms with van der Waals surface area (Å²) in [5.74, 6) is 0.934. The Bertz CT molecular complexity index is 1330. The zero-order chi connectivity index (χ0) is 24.1. The van der Waals surface area contributed by atoms with Crippen LogP contribution in [0.25, 0.3) is 0 Å². The molecule has 0 aliphatic rings. The lowest BCUT2D eigenvalue weighted by Crippen LogP contribution is -2.21. The fraction of sp³-hybridized carbons (Fsp3) is 0.167. The third-order valence-corrected chi connectivity index (χ3v) is 7.12. The number of aryl methyl sites for hydroxylation is 2. The van der Waals surface area contributed by atoms with E-state index < -0.39 is 6.03 Å². The van der Waals surface area contributed by atoms with Crippen molar-refractivity contribution < 1.29 is 14.3 Å². The van der Waals surface area contributed by atoms with Gasteiger partial charge < -0.3 is 14.6 Å². The summed E-state index contributed by atoms with van der Waals surface area (Å²) in [5.41, 5.74) is 2.11. The van der Waals surface area contributed by atoms with Crippen LogP contribution in [0.3, 0.4) is 0 Å². The van der Waals surface area contributed by atoms with E-state index in [1.807, 2.05) is 30.8 Å². The Kier molecular flexibility index (Phi) is 7.29. The number of ketones is 1. The summed E-state index contributed by atoms with van der Waals surface area (Å²) in [6.07, 6.45) is 5.38. The number of carbonyl (C=O) groups is 2. The number of ether oxygens (including phenoxy) is 1. The maximum absolute atomic E-state index is 13.3. The van der Waals surface area contributed by atoms with Gasteiger partial charge in [-0.3, -0.25) is 10.1 Å². The number of methoxy groups -OCH3 is 1. The molecule has 174 valence electrons. The number of benzene rings is 2. The predicted molar refractivity (Wildman–Crippen MR) is 135 cm³/mol. The van der Waals surface area contributed by atoms with Gasteiger partial charge in [-0.1, -0.05) is 35.5 Å². The van der Waals surface area contributed by atoms with Crippen molar-refractivity contribution in [2.75, 3.05) is 17.7 Å². The largest absolute Gasteiger partial charge is 0.496 e. The van der Waals surface area contributed by atoms with Crippen LogP contribution in [0.2, 0.25) is 0 Å². The molecule has 0 unspecified atom stereocenters. The first-order valence-corrected chi connectivity index (χ1v) is 12.2. The normalized spacial score (nSPS) is 10.7. The number of imidazole rings is 1. The van der Waals surface area contributed by atoms with E-state index >= 15 is 0 Å². The molecule has 2 aromatic heterocycles. The van der Waals surface area contributed by atoms with Crippen molar-refractivity contribution in [3.05, 3.63) is 82.6 Å². The van der Waals surface area contributed by atoms with E-state index in [4.69, 9.17) is 4.74 Å². The third-order valence-electron chi connectivity index (χ3n) is 4.91. The van der Waals surface area contributed by atoms with E-state index in [0.29, 0.717) is 33.4 Å². The summed E-state index contributed by atoms with van der Waals surface area (Å²) in [4.78, 5) is 35.5. The molecule has 0 saturated heterocycles. The van der Waals surface area contributed by atoms with E-state index in [1.165, 1.54) is 18.4 Å². The molecule has 4 rings (SSSR count). The van der Waals surface area contributed by atoms with E-state index in [-0.39, 0.29) is 5.78 Å². The molecule has 0 radical (unpaired) electrons. The van der Waals surface area contributed by atoms with Crippen LogP contribution in [0.1, 0.15) is 26.4 Å². The number of thiazole rings is 1. The van der Waals surface area contributed by atoms with Gasteiger partial charge in [-0.05, 0) is 31.2 Å². The number of amides is 2. The van der Waals surface area contributed by atoms with Crippen LogP contribution < -0.4 is 15.4 Å². The summed E-state index contributed by atoms with van der Waals surface area (Å²) in [7, 11) is 3.46. The molecule has 2 amide bonds. The average molecular weight is 494 g/mol. The van der Waals surface area contributed by atoms with Crippen molar-refractivity contribution >= 4 is 45.7 Å². The molecule has 10 heteroatoms. The molecule has 2 heterocycles. The lowest BCUT2D eigenvalue weighted by molar-refractivity contribution is 0.103. The number of hydrogen-bond acceptors (Lipinski definition) is 7. The smallest absolute Gasteiger partial charge is 0.325 e. The van der Waals surface area contributed by atoms with Crippen molar-refractivity contribution in [1.29, 1.82) is 0 Å². The summed E-state index contributed by atoms with van der Waals surface area (Å²) in [6.45, 7) is 1.89.